The van der Waals surface area contributed by atoms with Crippen LogP contribution >= 0.6 is 0 Å². The molecule has 30 heavy (non-hydrogen) atoms. The molecule has 2 heterocycles. The fourth-order valence-electron chi connectivity index (χ4n) is 4.58. The van der Waals surface area contributed by atoms with E-state index in [-0.39, 0.29) is 5.91 Å². The van der Waals surface area contributed by atoms with Crippen molar-refractivity contribution in [1.82, 2.24) is 15.3 Å². The van der Waals surface area contributed by atoms with Crippen LogP contribution in [0.5, 0.6) is 0 Å². The summed E-state index contributed by atoms with van der Waals surface area (Å²) in [5.41, 5.74) is 7.40. The lowest BCUT2D eigenvalue weighted by Crippen LogP contribution is -2.42. The lowest BCUT2D eigenvalue weighted by atomic mass is 10.1. The Hall–Kier alpha value is -2.27. The van der Waals surface area contributed by atoms with Gasteiger partial charge in [0.15, 0.2) is 0 Å². The predicted molar refractivity (Wildman–Crippen MR) is 130 cm³/mol. The van der Waals surface area contributed by atoms with Crippen LogP contribution in [0.1, 0.15) is 70.9 Å². The lowest BCUT2D eigenvalue weighted by molar-refractivity contribution is 0.0949. The molecule has 0 saturated heterocycles. The Morgan fingerprint density at radius 1 is 1.03 bits per heavy atom. The molecule has 2 aromatic heterocycles. The second-order valence-corrected chi connectivity index (χ2v) is 14.7. The lowest BCUT2D eigenvalue weighted by Gasteiger charge is -2.40. The minimum Gasteiger partial charge on any atom is -0.351 e. The highest BCUT2D eigenvalue weighted by atomic mass is 28.3. The van der Waals surface area contributed by atoms with Gasteiger partial charge in [0, 0.05) is 18.3 Å². The summed E-state index contributed by atoms with van der Waals surface area (Å²) >= 11 is 0. The normalized spacial score (nSPS) is 12.3. The highest BCUT2D eigenvalue weighted by Crippen LogP contribution is 2.43. The van der Waals surface area contributed by atoms with Crippen LogP contribution in [0.3, 0.4) is 0 Å². The first-order valence-electron chi connectivity index (χ1n) is 11.1. The summed E-state index contributed by atoms with van der Waals surface area (Å²) in [6.45, 7) is 16.8. The maximum Gasteiger partial charge on any atom is 0.269 e. The van der Waals surface area contributed by atoms with E-state index >= 15 is 0 Å². The van der Waals surface area contributed by atoms with Gasteiger partial charge in [0.25, 0.3) is 5.91 Å². The molecule has 162 valence electrons. The van der Waals surface area contributed by atoms with Gasteiger partial charge in [0.1, 0.15) is 5.69 Å². The topological polar surface area (TPSA) is 54.9 Å². The van der Waals surface area contributed by atoms with Crippen LogP contribution in [0.15, 0.2) is 42.2 Å². The zero-order valence-corrected chi connectivity index (χ0v) is 20.6. The molecule has 0 saturated carbocycles. The molecule has 0 radical (unpaired) electrons. The number of hydrogen-bond acceptors (Lipinski definition) is 3. The van der Waals surface area contributed by atoms with Crippen molar-refractivity contribution in [3.63, 3.8) is 0 Å². The van der Waals surface area contributed by atoms with E-state index < -0.39 is 8.07 Å². The van der Waals surface area contributed by atoms with E-state index in [0.717, 1.165) is 23.4 Å². The smallest absolute Gasteiger partial charge is 0.269 e. The molecular weight excluding hydrogens is 386 g/mol. The summed E-state index contributed by atoms with van der Waals surface area (Å²) < 4.78 is 0. The monoisotopic (exact) mass is 423 g/mol. The number of hydrogen-bond donors (Lipinski definition) is 1. The van der Waals surface area contributed by atoms with Gasteiger partial charge in [-0.25, -0.2) is 4.98 Å². The zero-order chi connectivity index (χ0) is 22.3. The van der Waals surface area contributed by atoms with Gasteiger partial charge in [0.2, 0.25) is 0 Å². The standard InChI is InChI=1S/C25H37N3OSi/c1-8-15-27-25(29)23-13-12-21(24(28-23)22-11-9-10-16-26-22)14-17-30(18(2)3,19(4)5)20(6)7/h9-14,16-20H,8,15H2,1-7H3,(H,27,29)/b17-14+. The van der Waals surface area contributed by atoms with Gasteiger partial charge >= 0.3 is 0 Å². The van der Waals surface area contributed by atoms with E-state index in [0.29, 0.717) is 28.9 Å². The highest BCUT2D eigenvalue weighted by molar-refractivity contribution is 6.88. The third-order valence-corrected chi connectivity index (χ3v) is 12.9. The average Bonchev–Trinajstić information content (AvgIpc) is 2.72. The van der Waals surface area contributed by atoms with Crippen molar-refractivity contribution in [2.24, 2.45) is 0 Å². The molecule has 0 aliphatic heterocycles. The van der Waals surface area contributed by atoms with Gasteiger partial charge in [0.05, 0.1) is 19.5 Å². The van der Waals surface area contributed by atoms with Gasteiger partial charge in [-0.15, -0.1) is 0 Å². The molecule has 1 N–H and O–H groups in total. The quantitative estimate of drug-likeness (QED) is 0.467. The Morgan fingerprint density at radius 3 is 2.23 bits per heavy atom. The Morgan fingerprint density at radius 2 is 1.70 bits per heavy atom. The maximum atomic E-state index is 12.5. The third-order valence-electron chi connectivity index (χ3n) is 6.15. The number of nitrogens with one attached hydrogen (secondary N) is 1. The summed E-state index contributed by atoms with van der Waals surface area (Å²) in [5.74, 6) is -0.139. The van der Waals surface area contributed by atoms with E-state index in [2.05, 4.69) is 63.6 Å². The summed E-state index contributed by atoms with van der Waals surface area (Å²) in [5, 5.41) is 2.91. The van der Waals surface area contributed by atoms with Crippen LogP contribution in [0.4, 0.5) is 0 Å². The van der Waals surface area contributed by atoms with Gasteiger partial charge < -0.3 is 5.32 Å². The molecule has 1 amide bonds. The summed E-state index contributed by atoms with van der Waals surface area (Å²) in [7, 11) is -1.70. The van der Waals surface area contributed by atoms with Crippen molar-refractivity contribution in [3.05, 3.63) is 53.5 Å². The molecule has 0 atom stereocenters. The molecule has 0 aliphatic rings. The van der Waals surface area contributed by atoms with Gasteiger partial charge in [-0.1, -0.05) is 72.4 Å². The van der Waals surface area contributed by atoms with E-state index in [1.807, 2.05) is 37.3 Å². The van der Waals surface area contributed by atoms with Crippen molar-refractivity contribution in [2.75, 3.05) is 6.54 Å². The van der Waals surface area contributed by atoms with Crippen LogP contribution in [0, 0.1) is 0 Å². The fraction of sp³-hybridized carbons (Fsp3) is 0.480. The fourth-order valence-corrected chi connectivity index (χ4v) is 10.2. The van der Waals surface area contributed by atoms with Gasteiger partial charge in [-0.3, -0.25) is 9.78 Å². The summed E-state index contributed by atoms with van der Waals surface area (Å²) in [6.07, 6.45) is 4.90. The minimum absolute atomic E-state index is 0.139. The number of aromatic nitrogens is 2. The second-order valence-electron chi connectivity index (χ2n) is 8.90. The second kappa shape index (κ2) is 10.7. The van der Waals surface area contributed by atoms with Crippen LogP contribution in [0.2, 0.25) is 16.6 Å². The Kier molecular flexibility index (Phi) is 8.53. The predicted octanol–water partition coefficient (Wildman–Crippen LogP) is 6.51. The molecule has 5 heteroatoms. The Balaban J connectivity index is 2.56. The first-order valence-corrected chi connectivity index (χ1v) is 13.4. The van der Waals surface area contributed by atoms with Crippen molar-refractivity contribution in [1.29, 1.82) is 0 Å². The molecule has 0 aromatic carbocycles. The number of carbonyl (C=O) groups is 1. The molecule has 0 aliphatic carbocycles. The van der Waals surface area contributed by atoms with Crippen molar-refractivity contribution < 1.29 is 4.79 Å². The Labute approximate surface area is 183 Å². The van der Waals surface area contributed by atoms with E-state index in [1.54, 1.807) is 6.20 Å². The molecule has 0 fully saturated rings. The zero-order valence-electron chi connectivity index (χ0n) is 19.6. The third kappa shape index (κ3) is 5.25. The van der Waals surface area contributed by atoms with Crippen LogP contribution < -0.4 is 5.32 Å². The highest BCUT2D eigenvalue weighted by Gasteiger charge is 2.40. The number of amides is 1. The van der Waals surface area contributed by atoms with E-state index in [9.17, 15) is 4.79 Å². The molecule has 4 nitrogen and oxygen atoms in total. The largest absolute Gasteiger partial charge is 0.351 e. The number of nitrogens with zero attached hydrogens (tertiary/aromatic N) is 2. The van der Waals surface area contributed by atoms with E-state index in [1.165, 1.54) is 0 Å². The molecule has 2 aromatic rings. The maximum absolute atomic E-state index is 12.5. The SMILES string of the molecule is CCCNC(=O)c1ccc(/C=C/[Si](C(C)C)(C(C)C)C(C)C)c(-c2ccccn2)n1. The van der Waals surface area contributed by atoms with Gasteiger partial charge in [-0.2, -0.15) is 0 Å². The number of rotatable bonds is 9. The van der Waals surface area contributed by atoms with Crippen LogP contribution in [-0.4, -0.2) is 30.5 Å². The number of carbonyl (C=O) groups excluding carboxylic acids is 1. The average molecular weight is 424 g/mol. The van der Waals surface area contributed by atoms with E-state index in [4.69, 9.17) is 4.98 Å². The van der Waals surface area contributed by atoms with Crippen LogP contribution in [-0.2, 0) is 0 Å². The Bertz CT molecular complexity index is 838. The molecule has 2 rings (SSSR count). The number of pyridine rings is 2. The first kappa shape index (κ1) is 24.0. The molecular formula is C25H37N3OSi. The first-order chi connectivity index (χ1) is 14.2. The van der Waals surface area contributed by atoms with Crippen molar-refractivity contribution >= 4 is 20.1 Å². The van der Waals surface area contributed by atoms with Gasteiger partial charge in [-0.05, 0) is 41.2 Å². The molecule has 0 spiro atoms. The molecule has 0 bridgehead atoms. The summed E-state index contributed by atoms with van der Waals surface area (Å²) in [6, 6.07) is 9.63. The van der Waals surface area contributed by atoms with Crippen molar-refractivity contribution in [2.45, 2.75) is 71.5 Å². The minimum atomic E-state index is -1.70. The molecule has 0 unspecified atom stereocenters. The van der Waals surface area contributed by atoms with Crippen LogP contribution in [0.25, 0.3) is 17.5 Å². The summed E-state index contributed by atoms with van der Waals surface area (Å²) in [4.78, 5) is 21.7. The van der Waals surface area contributed by atoms with Crippen molar-refractivity contribution in [3.8, 4) is 11.4 Å².